The van der Waals surface area contributed by atoms with Crippen LogP contribution in [0.25, 0.3) is 0 Å². The van der Waals surface area contributed by atoms with Crippen molar-refractivity contribution in [3.63, 3.8) is 0 Å². The summed E-state index contributed by atoms with van der Waals surface area (Å²) in [5.74, 6) is -2.74. The molecule has 0 aromatic heterocycles. The maximum absolute atomic E-state index is 13.2. The van der Waals surface area contributed by atoms with Gasteiger partial charge in [-0.3, -0.25) is 24.5 Å². The van der Waals surface area contributed by atoms with Gasteiger partial charge in [-0.15, -0.1) is 0 Å². The number of methoxy groups -OCH3 is 1. The Balaban J connectivity index is 1.67. The van der Waals surface area contributed by atoms with Crippen LogP contribution in [-0.2, 0) is 44.7 Å². The van der Waals surface area contributed by atoms with Crippen LogP contribution >= 0.6 is 0 Å². The monoisotopic (exact) mass is 477 g/mol. The van der Waals surface area contributed by atoms with Gasteiger partial charge in [0.1, 0.15) is 12.7 Å². The first-order valence-corrected chi connectivity index (χ1v) is 10.8. The third-order valence-electron chi connectivity index (χ3n) is 7.25. The molecule has 2 fully saturated rings. The van der Waals surface area contributed by atoms with Crippen LogP contribution in [0, 0.1) is 20.9 Å². The molecule has 3 rings (SSSR count). The van der Waals surface area contributed by atoms with E-state index in [4.69, 9.17) is 14.2 Å². The number of fused-ring (bicyclic) bond motifs is 2. The zero-order valence-corrected chi connectivity index (χ0v) is 19.5. The van der Waals surface area contributed by atoms with E-state index in [0.29, 0.717) is 12.0 Å². The molecule has 1 saturated heterocycles. The summed E-state index contributed by atoms with van der Waals surface area (Å²) in [6, 6.07) is 5.46. The van der Waals surface area contributed by atoms with Gasteiger partial charge in [0.15, 0.2) is 0 Å². The zero-order valence-electron chi connectivity index (χ0n) is 19.5. The summed E-state index contributed by atoms with van der Waals surface area (Å²) in [5, 5.41) is 10.7. The Bertz CT molecular complexity index is 1020. The Morgan fingerprint density at radius 3 is 2.21 bits per heavy atom. The molecule has 3 unspecified atom stereocenters. The molecule has 3 atom stereocenters. The predicted molar refractivity (Wildman–Crippen MR) is 114 cm³/mol. The van der Waals surface area contributed by atoms with E-state index in [0.717, 1.165) is 7.11 Å². The molecule has 11 heteroatoms. The molecule has 0 radical (unpaired) electrons. The molecular weight excluding hydrogens is 450 g/mol. The van der Waals surface area contributed by atoms with Gasteiger partial charge in [-0.2, -0.15) is 0 Å². The topological polar surface area (TPSA) is 148 Å². The largest absolute Gasteiger partial charge is 0.469 e. The summed E-state index contributed by atoms with van der Waals surface area (Å²) < 4.78 is 20.8. The molecule has 184 valence electrons. The molecule has 11 nitrogen and oxygen atoms in total. The minimum Gasteiger partial charge on any atom is -0.469 e. The third-order valence-corrected chi connectivity index (χ3v) is 7.25. The molecule has 0 spiro atoms. The highest BCUT2D eigenvalue weighted by Gasteiger charge is 2.76. The number of non-ortho nitro benzene ring substituents is 1. The van der Waals surface area contributed by atoms with Crippen LogP contribution in [-0.4, -0.2) is 47.6 Å². The first-order chi connectivity index (χ1) is 15.9. The summed E-state index contributed by atoms with van der Waals surface area (Å²) in [5.41, 5.74) is -2.77. The number of rotatable bonds is 9. The first-order valence-electron chi connectivity index (χ1n) is 10.8. The van der Waals surface area contributed by atoms with Gasteiger partial charge in [-0.25, -0.2) is 4.79 Å². The first kappa shape index (κ1) is 25.1. The second kappa shape index (κ2) is 9.03. The molecule has 34 heavy (non-hydrogen) atoms. The van der Waals surface area contributed by atoms with Crippen LogP contribution in [0.5, 0.6) is 0 Å². The van der Waals surface area contributed by atoms with Gasteiger partial charge in [-0.1, -0.05) is 13.8 Å². The Morgan fingerprint density at radius 1 is 1.09 bits per heavy atom. The Hall–Kier alpha value is -3.50. The fourth-order valence-electron chi connectivity index (χ4n) is 4.50. The van der Waals surface area contributed by atoms with Crippen molar-refractivity contribution in [2.45, 2.75) is 64.8 Å². The average Bonchev–Trinajstić information content (AvgIpc) is 3.08. The van der Waals surface area contributed by atoms with E-state index in [1.165, 1.54) is 24.3 Å². The van der Waals surface area contributed by atoms with Gasteiger partial charge >= 0.3 is 23.9 Å². The Morgan fingerprint density at radius 2 is 1.71 bits per heavy atom. The average molecular weight is 477 g/mol. The van der Waals surface area contributed by atoms with Crippen molar-refractivity contribution < 1.29 is 43.0 Å². The van der Waals surface area contributed by atoms with Gasteiger partial charge in [0.05, 0.1) is 30.3 Å². The highest BCUT2D eigenvalue weighted by Crippen LogP contribution is 2.65. The molecule has 2 aliphatic rings. The number of hydrogen-bond donors (Lipinski definition) is 0. The fourth-order valence-corrected chi connectivity index (χ4v) is 4.50. The molecule has 1 aromatic rings. The molecule has 1 aliphatic carbocycles. The van der Waals surface area contributed by atoms with Gasteiger partial charge in [-0.05, 0) is 37.5 Å². The van der Waals surface area contributed by atoms with Crippen LogP contribution in [0.15, 0.2) is 24.3 Å². The Labute approximate surface area is 195 Å². The van der Waals surface area contributed by atoms with E-state index in [2.05, 4.69) is 4.74 Å². The standard InChI is InChI=1S/C23H27NO10/c1-21(2)22(3)9-10-23(21,34-19(22)27)20(28)33-16(11-17(25)31-4)12-18(26)32-13-14-5-7-15(8-6-14)24(29)30/h5-8,16H,9-13H2,1-4H3. The van der Waals surface area contributed by atoms with Crippen molar-refractivity contribution >= 4 is 29.6 Å². The molecular formula is C23H27NO10. The lowest BCUT2D eigenvalue weighted by Crippen LogP contribution is -2.50. The number of carbonyl (C=O) groups excluding carboxylic acids is 4. The summed E-state index contributed by atoms with van der Waals surface area (Å²) >= 11 is 0. The predicted octanol–water partition coefficient (Wildman–Crippen LogP) is 2.62. The number of nitrogens with zero attached hydrogens (tertiary/aromatic N) is 1. The van der Waals surface area contributed by atoms with Crippen LogP contribution in [0.1, 0.15) is 52.0 Å². The van der Waals surface area contributed by atoms with Gasteiger partial charge in [0.2, 0.25) is 5.60 Å². The van der Waals surface area contributed by atoms with E-state index in [9.17, 15) is 29.3 Å². The van der Waals surface area contributed by atoms with E-state index in [1.807, 2.05) is 0 Å². The van der Waals surface area contributed by atoms with Crippen LogP contribution in [0.2, 0.25) is 0 Å². The molecule has 2 bridgehead atoms. The second-order valence-electron chi connectivity index (χ2n) is 9.27. The van der Waals surface area contributed by atoms with Crippen LogP contribution < -0.4 is 0 Å². The van der Waals surface area contributed by atoms with E-state index < -0.39 is 64.2 Å². The maximum Gasteiger partial charge on any atom is 0.351 e. The molecule has 0 N–H and O–H groups in total. The highest BCUT2D eigenvalue weighted by atomic mass is 16.6. The third kappa shape index (κ3) is 4.22. The summed E-state index contributed by atoms with van der Waals surface area (Å²) in [7, 11) is 1.16. The smallest absolute Gasteiger partial charge is 0.351 e. The number of benzene rings is 1. The molecule has 1 aliphatic heterocycles. The lowest BCUT2D eigenvalue weighted by molar-refractivity contribution is -0.384. The van der Waals surface area contributed by atoms with E-state index in [1.54, 1.807) is 20.8 Å². The minimum atomic E-state index is -1.50. The van der Waals surface area contributed by atoms with Gasteiger partial charge in [0, 0.05) is 17.5 Å². The summed E-state index contributed by atoms with van der Waals surface area (Å²) in [4.78, 5) is 60.1. The molecule has 0 amide bonds. The Kier molecular flexibility index (Phi) is 6.68. The number of nitro groups is 1. The van der Waals surface area contributed by atoms with Crippen molar-refractivity contribution in [3.05, 3.63) is 39.9 Å². The SMILES string of the molecule is COC(=O)CC(CC(=O)OCc1ccc([N+](=O)[O-])cc1)OC(=O)C12CCC(C)(C(=O)O1)C2(C)C. The van der Waals surface area contributed by atoms with Crippen molar-refractivity contribution in [1.29, 1.82) is 0 Å². The zero-order chi connectivity index (χ0) is 25.3. The van der Waals surface area contributed by atoms with Crippen molar-refractivity contribution in [2.75, 3.05) is 7.11 Å². The number of hydrogen-bond acceptors (Lipinski definition) is 10. The number of ether oxygens (including phenoxy) is 4. The fraction of sp³-hybridized carbons (Fsp3) is 0.565. The normalized spacial score (nSPS) is 25.2. The van der Waals surface area contributed by atoms with E-state index >= 15 is 0 Å². The lowest BCUT2D eigenvalue weighted by Gasteiger charge is -2.35. The van der Waals surface area contributed by atoms with Crippen molar-refractivity contribution in [2.24, 2.45) is 10.8 Å². The van der Waals surface area contributed by atoms with Crippen LogP contribution in [0.4, 0.5) is 5.69 Å². The summed E-state index contributed by atoms with van der Waals surface area (Å²) in [6.07, 6.45) is -1.30. The molecule has 1 heterocycles. The molecule has 1 aromatic carbocycles. The minimum absolute atomic E-state index is 0.0990. The van der Waals surface area contributed by atoms with Crippen molar-refractivity contribution in [1.82, 2.24) is 0 Å². The summed E-state index contributed by atoms with van der Waals surface area (Å²) in [6.45, 7) is 5.11. The number of nitro benzene ring substituents is 1. The van der Waals surface area contributed by atoms with Crippen LogP contribution in [0.3, 0.4) is 0 Å². The lowest BCUT2D eigenvalue weighted by atomic mass is 9.66. The van der Waals surface area contributed by atoms with Gasteiger partial charge in [0.25, 0.3) is 5.69 Å². The number of carbonyl (C=O) groups is 4. The van der Waals surface area contributed by atoms with Gasteiger partial charge < -0.3 is 18.9 Å². The maximum atomic E-state index is 13.2. The highest BCUT2D eigenvalue weighted by molar-refractivity contribution is 5.94. The second-order valence-corrected chi connectivity index (χ2v) is 9.27. The van der Waals surface area contributed by atoms with Crippen molar-refractivity contribution in [3.8, 4) is 0 Å². The van der Waals surface area contributed by atoms with E-state index in [-0.39, 0.29) is 18.7 Å². The quantitative estimate of drug-likeness (QED) is 0.225. The molecule has 1 saturated carbocycles. The number of esters is 4.